The topological polar surface area (TPSA) is 64.1 Å². The van der Waals surface area contributed by atoms with Gasteiger partial charge in [0.05, 0.1) is 11.8 Å². The van der Waals surface area contributed by atoms with Crippen molar-refractivity contribution in [1.29, 1.82) is 0 Å². The number of hydrogen-bond donors (Lipinski definition) is 1. The second kappa shape index (κ2) is 4.14. The van der Waals surface area contributed by atoms with E-state index in [4.69, 9.17) is 4.74 Å². The number of H-pyrrole nitrogens is 1. The van der Waals surface area contributed by atoms with Gasteiger partial charge >= 0.3 is 5.69 Å². The summed E-state index contributed by atoms with van der Waals surface area (Å²) in [4.78, 5) is 26.6. The number of nitrogens with zero attached hydrogens (tertiary/aromatic N) is 1. The highest BCUT2D eigenvalue weighted by molar-refractivity contribution is 5.06. The first-order chi connectivity index (χ1) is 7.89. The van der Waals surface area contributed by atoms with Crippen LogP contribution >= 0.6 is 0 Å². The number of nitrogens with one attached hydrogen (secondary N) is 1. The van der Waals surface area contributed by atoms with Crippen LogP contribution in [0.4, 0.5) is 0 Å². The van der Waals surface area contributed by atoms with Gasteiger partial charge in [-0.25, -0.2) is 4.79 Å². The van der Waals surface area contributed by atoms with Crippen LogP contribution in [0.1, 0.15) is 45.4 Å². The highest BCUT2D eigenvalue weighted by atomic mass is 16.5. The van der Waals surface area contributed by atoms with Crippen LogP contribution < -0.4 is 11.2 Å². The van der Waals surface area contributed by atoms with E-state index in [9.17, 15) is 9.59 Å². The number of ether oxygens (including phenoxy) is 1. The van der Waals surface area contributed by atoms with E-state index in [2.05, 4.69) is 4.98 Å². The molecule has 2 heterocycles. The second-order valence-corrected chi connectivity index (χ2v) is 5.38. The van der Waals surface area contributed by atoms with Gasteiger partial charge in [-0.2, -0.15) is 0 Å². The molecule has 0 radical (unpaired) electrons. The maximum absolute atomic E-state index is 12.0. The number of aromatic amines is 1. The minimum absolute atomic E-state index is 0.134. The Morgan fingerprint density at radius 2 is 2.12 bits per heavy atom. The van der Waals surface area contributed by atoms with E-state index in [0.717, 1.165) is 12.8 Å². The van der Waals surface area contributed by atoms with Crippen molar-refractivity contribution in [2.75, 3.05) is 6.61 Å². The zero-order valence-electron chi connectivity index (χ0n) is 10.4. The Morgan fingerprint density at radius 1 is 1.41 bits per heavy atom. The summed E-state index contributed by atoms with van der Waals surface area (Å²) in [6, 6.07) is 1.47. The SMILES string of the molecule is CC(C)(C)n1c(=O)cc(C2CCCO2)[nH]c1=O. The number of rotatable bonds is 1. The fourth-order valence-corrected chi connectivity index (χ4v) is 2.14. The molecule has 1 fully saturated rings. The normalized spacial score (nSPS) is 20.8. The third kappa shape index (κ3) is 2.34. The number of hydrogen-bond acceptors (Lipinski definition) is 3. The van der Waals surface area contributed by atoms with Gasteiger partial charge in [-0.15, -0.1) is 0 Å². The molecule has 1 aliphatic rings. The molecular weight excluding hydrogens is 220 g/mol. The summed E-state index contributed by atoms with van der Waals surface area (Å²) in [7, 11) is 0. The zero-order chi connectivity index (χ0) is 12.6. The average molecular weight is 238 g/mol. The van der Waals surface area contributed by atoms with Crippen LogP contribution in [-0.2, 0) is 10.3 Å². The third-order valence-corrected chi connectivity index (χ3v) is 2.90. The molecule has 0 aliphatic carbocycles. The minimum Gasteiger partial charge on any atom is -0.372 e. The van der Waals surface area contributed by atoms with Crippen LogP contribution in [0.25, 0.3) is 0 Å². The largest absolute Gasteiger partial charge is 0.372 e. The molecule has 0 spiro atoms. The van der Waals surface area contributed by atoms with E-state index in [-0.39, 0.29) is 17.4 Å². The average Bonchev–Trinajstić information content (AvgIpc) is 2.66. The van der Waals surface area contributed by atoms with Crippen LogP contribution in [0.5, 0.6) is 0 Å². The lowest BCUT2D eigenvalue weighted by Crippen LogP contribution is -2.45. The molecule has 1 aromatic rings. The summed E-state index contributed by atoms with van der Waals surface area (Å²) in [6.45, 7) is 6.18. The van der Waals surface area contributed by atoms with Gasteiger partial charge in [0.1, 0.15) is 0 Å². The molecule has 0 saturated carbocycles. The van der Waals surface area contributed by atoms with Crippen molar-refractivity contribution in [1.82, 2.24) is 9.55 Å². The lowest BCUT2D eigenvalue weighted by molar-refractivity contribution is 0.108. The Balaban J connectivity index is 2.49. The van der Waals surface area contributed by atoms with Crippen molar-refractivity contribution in [3.63, 3.8) is 0 Å². The Morgan fingerprint density at radius 3 is 2.59 bits per heavy atom. The van der Waals surface area contributed by atoms with Gasteiger partial charge < -0.3 is 9.72 Å². The van der Waals surface area contributed by atoms with Crippen molar-refractivity contribution < 1.29 is 4.74 Å². The maximum Gasteiger partial charge on any atom is 0.329 e. The summed E-state index contributed by atoms with van der Waals surface area (Å²) in [6.07, 6.45) is 1.69. The van der Waals surface area contributed by atoms with Crippen LogP contribution in [-0.4, -0.2) is 16.2 Å². The summed E-state index contributed by atoms with van der Waals surface area (Å²) in [5.74, 6) is 0. The standard InChI is InChI=1S/C12H18N2O3/c1-12(2,3)14-10(15)7-8(13-11(14)16)9-5-4-6-17-9/h7,9H,4-6H2,1-3H3,(H,13,16). The molecule has 5 nitrogen and oxygen atoms in total. The van der Waals surface area contributed by atoms with E-state index >= 15 is 0 Å². The molecule has 94 valence electrons. The molecule has 1 atom stereocenters. The van der Waals surface area contributed by atoms with Gasteiger partial charge in [0.15, 0.2) is 0 Å². The highest BCUT2D eigenvalue weighted by Gasteiger charge is 2.23. The van der Waals surface area contributed by atoms with Gasteiger partial charge in [0, 0.05) is 18.2 Å². The molecule has 0 aromatic carbocycles. The smallest absolute Gasteiger partial charge is 0.329 e. The van der Waals surface area contributed by atoms with E-state index in [1.807, 2.05) is 20.8 Å². The third-order valence-electron chi connectivity index (χ3n) is 2.90. The van der Waals surface area contributed by atoms with Crippen LogP contribution in [0.15, 0.2) is 15.7 Å². The molecule has 1 unspecified atom stereocenters. The Kier molecular flexibility index (Phi) is 2.95. The minimum atomic E-state index is -0.514. The van der Waals surface area contributed by atoms with Gasteiger partial charge in [0.25, 0.3) is 5.56 Å². The lowest BCUT2D eigenvalue weighted by atomic mass is 10.1. The van der Waals surface area contributed by atoms with Gasteiger partial charge in [-0.05, 0) is 33.6 Å². The molecule has 1 aliphatic heterocycles. The molecule has 1 saturated heterocycles. The monoisotopic (exact) mass is 238 g/mol. The van der Waals surface area contributed by atoms with Crippen molar-refractivity contribution in [3.8, 4) is 0 Å². The quantitative estimate of drug-likeness (QED) is 0.798. The van der Waals surface area contributed by atoms with E-state index in [1.54, 1.807) is 0 Å². The van der Waals surface area contributed by atoms with Crippen LogP contribution in [0.3, 0.4) is 0 Å². The van der Waals surface area contributed by atoms with Crippen LogP contribution in [0.2, 0.25) is 0 Å². The summed E-state index contributed by atoms with van der Waals surface area (Å²) >= 11 is 0. The second-order valence-electron chi connectivity index (χ2n) is 5.38. The fraction of sp³-hybridized carbons (Fsp3) is 0.667. The molecule has 17 heavy (non-hydrogen) atoms. The van der Waals surface area contributed by atoms with E-state index in [0.29, 0.717) is 12.3 Å². The first-order valence-corrected chi connectivity index (χ1v) is 5.88. The maximum atomic E-state index is 12.0. The zero-order valence-corrected chi connectivity index (χ0v) is 10.4. The van der Waals surface area contributed by atoms with Crippen LogP contribution in [0, 0.1) is 0 Å². The molecule has 0 amide bonds. The summed E-state index contributed by atoms with van der Waals surface area (Å²) in [5, 5.41) is 0. The molecule has 1 aromatic heterocycles. The van der Waals surface area contributed by atoms with Crippen molar-refractivity contribution in [2.24, 2.45) is 0 Å². The van der Waals surface area contributed by atoms with Crippen molar-refractivity contribution >= 4 is 0 Å². The first kappa shape index (κ1) is 12.1. The summed E-state index contributed by atoms with van der Waals surface area (Å²) in [5.41, 5.74) is -0.556. The lowest BCUT2D eigenvalue weighted by Gasteiger charge is -2.21. The Labute approximate surface area is 99.4 Å². The Hall–Kier alpha value is -1.36. The van der Waals surface area contributed by atoms with Crippen molar-refractivity contribution in [2.45, 2.75) is 45.3 Å². The van der Waals surface area contributed by atoms with Gasteiger partial charge in [-0.3, -0.25) is 9.36 Å². The fourth-order valence-electron chi connectivity index (χ4n) is 2.14. The summed E-state index contributed by atoms with van der Waals surface area (Å²) < 4.78 is 6.68. The van der Waals surface area contributed by atoms with E-state index < -0.39 is 5.54 Å². The molecule has 2 rings (SSSR count). The molecule has 5 heteroatoms. The number of aromatic nitrogens is 2. The Bertz CT molecular complexity index is 485. The van der Waals surface area contributed by atoms with Crippen molar-refractivity contribution in [3.05, 3.63) is 32.6 Å². The van der Waals surface area contributed by atoms with Gasteiger partial charge in [0.2, 0.25) is 0 Å². The highest BCUT2D eigenvalue weighted by Crippen LogP contribution is 2.25. The first-order valence-electron chi connectivity index (χ1n) is 5.88. The predicted octanol–water partition coefficient (Wildman–Crippen LogP) is 1.14. The molecule has 1 N–H and O–H groups in total. The molecule has 0 bridgehead atoms. The predicted molar refractivity (Wildman–Crippen MR) is 64.2 cm³/mol. The van der Waals surface area contributed by atoms with Gasteiger partial charge in [-0.1, -0.05) is 0 Å². The van der Waals surface area contributed by atoms with E-state index in [1.165, 1.54) is 10.6 Å². The molecular formula is C12H18N2O3.